The first-order valence-corrected chi connectivity index (χ1v) is 15.6. The van der Waals surface area contributed by atoms with E-state index in [0.717, 1.165) is 21.6 Å². The molecule has 7 N–H and O–H groups in total. The Morgan fingerprint density at radius 1 is 0.766 bits per heavy atom. The van der Waals surface area contributed by atoms with Gasteiger partial charge in [0.2, 0.25) is 23.6 Å². The number of imide groups is 1. The van der Waals surface area contributed by atoms with E-state index in [-0.39, 0.29) is 25.0 Å². The molecule has 242 valence electrons. The van der Waals surface area contributed by atoms with Gasteiger partial charge in [-0.1, -0.05) is 97.1 Å². The van der Waals surface area contributed by atoms with Gasteiger partial charge in [-0.25, -0.2) is 0 Å². The van der Waals surface area contributed by atoms with Crippen LogP contribution in [0.2, 0.25) is 0 Å². The highest BCUT2D eigenvalue weighted by atomic mass is 16.3. The number of rotatable bonds is 12. The molecule has 10 heteroatoms. The Morgan fingerprint density at radius 2 is 1.32 bits per heavy atom. The van der Waals surface area contributed by atoms with Gasteiger partial charge >= 0.3 is 0 Å². The van der Waals surface area contributed by atoms with E-state index in [1.165, 1.54) is 12.1 Å². The first-order valence-electron chi connectivity index (χ1n) is 15.6. The molecule has 1 heterocycles. The summed E-state index contributed by atoms with van der Waals surface area (Å²) in [5.74, 6) is -2.73. The summed E-state index contributed by atoms with van der Waals surface area (Å²) in [5.41, 5.74) is 16.4. The van der Waals surface area contributed by atoms with Crippen LogP contribution < -0.4 is 22.1 Å². The van der Waals surface area contributed by atoms with Crippen LogP contribution in [0.15, 0.2) is 109 Å². The maximum Gasteiger partial charge on any atom is 0.247 e. The van der Waals surface area contributed by atoms with E-state index >= 15 is 0 Å². The number of aromatic hydroxyl groups is 1. The van der Waals surface area contributed by atoms with Crippen LogP contribution in [-0.2, 0) is 51.4 Å². The fraction of sp³-hybridized carbons (Fsp3) is 0.243. The molecule has 1 unspecified atom stereocenters. The van der Waals surface area contributed by atoms with Crippen LogP contribution in [-0.4, -0.2) is 57.8 Å². The number of primary amides is 1. The van der Waals surface area contributed by atoms with Gasteiger partial charge in [-0.05, 0) is 52.8 Å². The normalized spacial score (nSPS) is 15.8. The Morgan fingerprint density at radius 3 is 1.94 bits per heavy atom. The second-order valence-corrected chi connectivity index (χ2v) is 11.8. The summed E-state index contributed by atoms with van der Waals surface area (Å²) in [6, 6.07) is 27.7. The number of hydrogen-bond donors (Lipinski definition) is 5. The lowest BCUT2D eigenvalue weighted by Gasteiger charge is -2.36. The molecule has 5 rings (SSSR count). The molecular formula is C37H39N5O5. The number of nitrogens with two attached hydrogens (primary N) is 2. The maximum absolute atomic E-state index is 14.5. The standard InChI is InChI=1S/C37H39N5O5/c38-30(19-26-15-17-29(43)18-16-26)36(46)42(37(47)32-22-27-13-7-8-14-28(27)23-40-32)33(21-25-11-5-2-6-12-25)35(45)41-31(34(39)44)20-24-9-3-1-4-10-24/h1-18,30-33,40,43H,19-23,38H2,(H2,39,44)(H,41,45)/t30-,31-,32?,33-/m0/s1. The number of carbonyl (C=O) groups is 4. The molecule has 4 aromatic carbocycles. The summed E-state index contributed by atoms with van der Waals surface area (Å²) in [6.45, 7) is 0.407. The molecule has 47 heavy (non-hydrogen) atoms. The van der Waals surface area contributed by atoms with Crippen molar-refractivity contribution in [1.29, 1.82) is 0 Å². The van der Waals surface area contributed by atoms with E-state index in [2.05, 4.69) is 10.6 Å². The predicted molar refractivity (Wildman–Crippen MR) is 178 cm³/mol. The minimum atomic E-state index is -1.35. The molecule has 0 aliphatic carbocycles. The lowest BCUT2D eigenvalue weighted by molar-refractivity contribution is -0.154. The molecule has 0 radical (unpaired) electrons. The number of phenolic OH excluding ortho intramolecular Hbond substituents is 1. The molecule has 0 bridgehead atoms. The van der Waals surface area contributed by atoms with Gasteiger partial charge in [-0.2, -0.15) is 0 Å². The van der Waals surface area contributed by atoms with E-state index in [4.69, 9.17) is 11.5 Å². The van der Waals surface area contributed by atoms with Crippen molar-refractivity contribution < 1.29 is 24.3 Å². The minimum absolute atomic E-state index is 0.0177. The summed E-state index contributed by atoms with van der Waals surface area (Å²) in [7, 11) is 0. The van der Waals surface area contributed by atoms with Crippen LogP contribution in [0.1, 0.15) is 27.8 Å². The van der Waals surface area contributed by atoms with E-state index in [9.17, 15) is 24.3 Å². The largest absolute Gasteiger partial charge is 0.508 e. The zero-order valence-corrected chi connectivity index (χ0v) is 25.9. The number of benzene rings is 4. The van der Waals surface area contributed by atoms with Crippen molar-refractivity contribution in [2.45, 2.75) is 56.4 Å². The number of hydrogen-bond acceptors (Lipinski definition) is 7. The van der Waals surface area contributed by atoms with Gasteiger partial charge < -0.3 is 27.2 Å². The molecule has 4 atom stereocenters. The third-order valence-electron chi connectivity index (χ3n) is 8.39. The molecule has 0 saturated carbocycles. The van der Waals surface area contributed by atoms with E-state index in [1.54, 1.807) is 36.4 Å². The van der Waals surface area contributed by atoms with Crippen molar-refractivity contribution in [3.8, 4) is 5.75 Å². The Labute approximate surface area is 273 Å². The topological polar surface area (TPSA) is 168 Å². The van der Waals surface area contributed by atoms with Crippen LogP contribution in [0.25, 0.3) is 0 Å². The Balaban J connectivity index is 1.50. The van der Waals surface area contributed by atoms with Gasteiger partial charge in [0.25, 0.3) is 0 Å². The molecule has 0 aromatic heterocycles. The zero-order chi connectivity index (χ0) is 33.3. The number of amides is 4. The highest BCUT2D eigenvalue weighted by Crippen LogP contribution is 2.21. The molecule has 1 aliphatic rings. The lowest BCUT2D eigenvalue weighted by Crippen LogP contribution is -2.63. The number of fused-ring (bicyclic) bond motifs is 1. The fourth-order valence-corrected chi connectivity index (χ4v) is 5.84. The second-order valence-electron chi connectivity index (χ2n) is 11.8. The maximum atomic E-state index is 14.5. The van der Waals surface area contributed by atoms with Crippen molar-refractivity contribution in [2.75, 3.05) is 0 Å². The molecule has 0 fully saturated rings. The third-order valence-corrected chi connectivity index (χ3v) is 8.39. The molecule has 0 saturated heterocycles. The number of phenols is 1. The predicted octanol–water partition coefficient (Wildman–Crippen LogP) is 2.16. The summed E-state index contributed by atoms with van der Waals surface area (Å²) in [4.78, 5) is 56.6. The van der Waals surface area contributed by atoms with Crippen molar-refractivity contribution in [3.05, 3.63) is 137 Å². The summed E-state index contributed by atoms with van der Waals surface area (Å²) in [5, 5.41) is 15.7. The van der Waals surface area contributed by atoms with Crippen molar-refractivity contribution in [1.82, 2.24) is 15.5 Å². The van der Waals surface area contributed by atoms with E-state index in [0.29, 0.717) is 24.1 Å². The minimum Gasteiger partial charge on any atom is -0.508 e. The summed E-state index contributed by atoms with van der Waals surface area (Å²) < 4.78 is 0. The van der Waals surface area contributed by atoms with Crippen LogP contribution in [0.5, 0.6) is 5.75 Å². The Kier molecular flexibility index (Phi) is 10.8. The summed E-state index contributed by atoms with van der Waals surface area (Å²) >= 11 is 0. The number of nitrogens with zero attached hydrogens (tertiary/aromatic N) is 1. The molecule has 0 spiro atoms. The first kappa shape index (κ1) is 33.1. The van der Waals surface area contributed by atoms with Gasteiger partial charge in [0, 0.05) is 19.4 Å². The van der Waals surface area contributed by atoms with E-state index < -0.39 is 47.8 Å². The summed E-state index contributed by atoms with van der Waals surface area (Å²) in [6.07, 6.45) is 0.477. The van der Waals surface area contributed by atoms with Crippen molar-refractivity contribution in [3.63, 3.8) is 0 Å². The third kappa shape index (κ3) is 8.49. The quantitative estimate of drug-likeness (QED) is 0.159. The van der Waals surface area contributed by atoms with Crippen LogP contribution in [0.4, 0.5) is 0 Å². The van der Waals surface area contributed by atoms with E-state index in [1.807, 2.05) is 60.7 Å². The van der Waals surface area contributed by atoms with Gasteiger partial charge in [0.15, 0.2) is 0 Å². The number of carbonyl (C=O) groups excluding carboxylic acids is 4. The molecular weight excluding hydrogens is 594 g/mol. The fourth-order valence-electron chi connectivity index (χ4n) is 5.84. The molecule has 1 aliphatic heterocycles. The molecule has 4 amide bonds. The highest BCUT2D eigenvalue weighted by Gasteiger charge is 2.41. The van der Waals surface area contributed by atoms with Crippen molar-refractivity contribution in [2.24, 2.45) is 11.5 Å². The molecule has 4 aromatic rings. The Hall–Kier alpha value is -5.32. The smallest absolute Gasteiger partial charge is 0.247 e. The van der Waals surface area contributed by atoms with Crippen molar-refractivity contribution >= 4 is 23.6 Å². The first-order chi connectivity index (χ1) is 22.7. The average molecular weight is 634 g/mol. The van der Waals surface area contributed by atoms with Gasteiger partial charge in [-0.3, -0.25) is 24.1 Å². The highest BCUT2D eigenvalue weighted by molar-refractivity contribution is 6.05. The van der Waals surface area contributed by atoms with Gasteiger partial charge in [-0.15, -0.1) is 0 Å². The van der Waals surface area contributed by atoms with Crippen LogP contribution in [0, 0.1) is 0 Å². The monoisotopic (exact) mass is 633 g/mol. The van der Waals surface area contributed by atoms with Crippen LogP contribution in [0.3, 0.4) is 0 Å². The van der Waals surface area contributed by atoms with Gasteiger partial charge in [0.05, 0.1) is 12.1 Å². The lowest BCUT2D eigenvalue weighted by atomic mass is 9.93. The average Bonchev–Trinajstić information content (AvgIpc) is 3.09. The van der Waals surface area contributed by atoms with Crippen LogP contribution >= 0.6 is 0 Å². The molecule has 10 nitrogen and oxygen atoms in total. The number of nitrogens with one attached hydrogen (secondary N) is 2. The zero-order valence-electron chi connectivity index (χ0n) is 25.9. The second kappa shape index (κ2) is 15.3. The SMILES string of the molecule is NC(=O)[C@H](Cc1ccccc1)NC(=O)[C@H](Cc1ccccc1)N(C(=O)C1Cc2ccccc2CN1)C(=O)[C@@H](N)Cc1ccc(O)cc1. The van der Waals surface area contributed by atoms with Gasteiger partial charge in [0.1, 0.15) is 17.8 Å². The Bertz CT molecular complexity index is 1700.